The van der Waals surface area contributed by atoms with Crippen molar-refractivity contribution in [2.75, 3.05) is 27.4 Å². The number of carbonyl (C=O) groups excluding carboxylic acids is 1. The van der Waals surface area contributed by atoms with Crippen molar-refractivity contribution in [3.63, 3.8) is 0 Å². The molecule has 6 heteroatoms. The van der Waals surface area contributed by atoms with E-state index in [1.807, 2.05) is 0 Å². The molecule has 0 unspecified atom stereocenters. The van der Waals surface area contributed by atoms with Crippen molar-refractivity contribution in [1.29, 1.82) is 0 Å². The average Bonchev–Trinajstić information content (AvgIpc) is 2.69. The molecule has 0 radical (unpaired) electrons. The van der Waals surface area contributed by atoms with Gasteiger partial charge < -0.3 is 24.6 Å². The lowest BCUT2D eigenvalue weighted by atomic mass is 9.53. The Kier molecular flexibility index (Phi) is 5.52. The SMILES string of the molecule is COC(=O)c1ccc(OC[C@H](O)C[NH2+]C23CC4CC(CC(C4)C2)C3)c(OC)c1. The molecular weight excluding hydrogens is 358 g/mol. The molecule has 4 bridgehead atoms. The van der Waals surface area contributed by atoms with E-state index < -0.39 is 12.1 Å². The molecule has 1 aromatic rings. The molecule has 4 saturated carbocycles. The third kappa shape index (κ3) is 3.98. The van der Waals surface area contributed by atoms with E-state index in [1.165, 1.54) is 52.7 Å². The minimum absolute atomic E-state index is 0.205. The zero-order valence-corrected chi connectivity index (χ0v) is 16.9. The summed E-state index contributed by atoms with van der Waals surface area (Å²) < 4.78 is 15.8. The lowest BCUT2D eigenvalue weighted by Gasteiger charge is -2.54. The molecular formula is C22H32NO5+. The molecule has 1 aromatic carbocycles. The molecule has 0 saturated heterocycles. The zero-order chi connectivity index (χ0) is 19.7. The number of ether oxygens (including phenoxy) is 3. The molecule has 0 heterocycles. The molecule has 3 N–H and O–H groups in total. The number of hydrogen-bond acceptors (Lipinski definition) is 5. The van der Waals surface area contributed by atoms with Gasteiger partial charge in [0.05, 0.1) is 25.3 Å². The first kappa shape index (κ1) is 19.5. The molecule has 0 spiro atoms. The van der Waals surface area contributed by atoms with Gasteiger partial charge in [-0.25, -0.2) is 4.79 Å². The Morgan fingerprint density at radius 2 is 1.79 bits per heavy atom. The van der Waals surface area contributed by atoms with Gasteiger partial charge in [-0.2, -0.15) is 0 Å². The summed E-state index contributed by atoms with van der Waals surface area (Å²) in [6.07, 6.45) is 7.69. The maximum atomic E-state index is 11.6. The molecule has 1 atom stereocenters. The van der Waals surface area contributed by atoms with Crippen LogP contribution in [0.2, 0.25) is 0 Å². The highest BCUT2D eigenvalue weighted by molar-refractivity contribution is 5.90. The lowest BCUT2D eigenvalue weighted by Crippen LogP contribution is -3.00. The largest absolute Gasteiger partial charge is 0.493 e. The van der Waals surface area contributed by atoms with Gasteiger partial charge in [0, 0.05) is 19.3 Å². The number of methoxy groups -OCH3 is 2. The molecule has 5 rings (SSSR count). The third-order valence-corrected chi connectivity index (χ3v) is 6.92. The number of nitrogens with two attached hydrogens (primary N) is 1. The van der Waals surface area contributed by atoms with Crippen LogP contribution in [0.4, 0.5) is 0 Å². The monoisotopic (exact) mass is 390 g/mol. The highest BCUT2D eigenvalue weighted by Crippen LogP contribution is 2.54. The van der Waals surface area contributed by atoms with Crippen LogP contribution in [0.15, 0.2) is 18.2 Å². The highest BCUT2D eigenvalue weighted by atomic mass is 16.5. The van der Waals surface area contributed by atoms with E-state index in [-0.39, 0.29) is 6.61 Å². The smallest absolute Gasteiger partial charge is 0.337 e. The lowest BCUT2D eigenvalue weighted by molar-refractivity contribution is -0.743. The second kappa shape index (κ2) is 7.91. The van der Waals surface area contributed by atoms with Gasteiger partial charge in [-0.1, -0.05) is 0 Å². The van der Waals surface area contributed by atoms with E-state index in [0.717, 1.165) is 17.8 Å². The van der Waals surface area contributed by atoms with Crippen molar-refractivity contribution in [2.24, 2.45) is 17.8 Å². The fraction of sp³-hybridized carbons (Fsp3) is 0.682. The minimum Gasteiger partial charge on any atom is -0.493 e. The van der Waals surface area contributed by atoms with E-state index in [9.17, 15) is 9.90 Å². The summed E-state index contributed by atoms with van der Waals surface area (Å²) in [6, 6.07) is 4.91. The maximum Gasteiger partial charge on any atom is 0.337 e. The summed E-state index contributed by atoms with van der Waals surface area (Å²) in [7, 11) is 2.87. The summed E-state index contributed by atoms with van der Waals surface area (Å²) in [5.41, 5.74) is 0.762. The number of benzene rings is 1. The number of carbonyl (C=O) groups is 1. The van der Waals surface area contributed by atoms with Gasteiger partial charge in [-0.15, -0.1) is 0 Å². The maximum absolute atomic E-state index is 11.6. The van der Waals surface area contributed by atoms with Crippen LogP contribution in [0, 0.1) is 17.8 Å². The Morgan fingerprint density at radius 3 is 2.36 bits per heavy atom. The number of aliphatic hydroxyl groups is 1. The Bertz CT molecular complexity index is 684. The zero-order valence-electron chi connectivity index (χ0n) is 16.9. The summed E-state index contributed by atoms with van der Waals surface area (Å²) in [4.78, 5) is 11.6. The van der Waals surface area contributed by atoms with Crippen LogP contribution in [0.25, 0.3) is 0 Å². The van der Waals surface area contributed by atoms with Crippen molar-refractivity contribution >= 4 is 5.97 Å². The summed E-state index contributed by atoms with van der Waals surface area (Å²) in [5.74, 6) is 3.29. The number of hydrogen-bond donors (Lipinski definition) is 2. The molecule has 4 fully saturated rings. The first-order valence-electron chi connectivity index (χ1n) is 10.4. The summed E-state index contributed by atoms with van der Waals surface area (Å²) >= 11 is 0. The van der Waals surface area contributed by atoms with Crippen LogP contribution in [-0.4, -0.2) is 50.1 Å². The second-order valence-corrected chi connectivity index (χ2v) is 9.04. The highest BCUT2D eigenvalue weighted by Gasteiger charge is 2.53. The van der Waals surface area contributed by atoms with E-state index in [2.05, 4.69) is 5.32 Å². The first-order valence-corrected chi connectivity index (χ1v) is 10.4. The number of quaternary nitrogens is 1. The van der Waals surface area contributed by atoms with Crippen LogP contribution in [-0.2, 0) is 4.74 Å². The summed E-state index contributed by atoms with van der Waals surface area (Å²) in [6.45, 7) is 0.867. The van der Waals surface area contributed by atoms with Gasteiger partial charge >= 0.3 is 5.97 Å². The Hall–Kier alpha value is -1.79. The fourth-order valence-electron chi connectivity index (χ4n) is 6.10. The van der Waals surface area contributed by atoms with E-state index in [4.69, 9.17) is 14.2 Å². The number of rotatable bonds is 8. The van der Waals surface area contributed by atoms with Crippen molar-refractivity contribution in [1.82, 2.24) is 0 Å². The third-order valence-electron chi connectivity index (χ3n) is 6.92. The molecule has 0 aromatic heterocycles. The quantitative estimate of drug-likeness (QED) is 0.661. The number of esters is 1. The Morgan fingerprint density at radius 1 is 1.14 bits per heavy atom. The van der Waals surface area contributed by atoms with Crippen molar-refractivity contribution in [3.8, 4) is 11.5 Å². The normalized spacial score (nSPS) is 31.5. The Labute approximate surface area is 166 Å². The molecule has 4 aliphatic carbocycles. The van der Waals surface area contributed by atoms with Gasteiger partial charge in [0.2, 0.25) is 0 Å². The topological polar surface area (TPSA) is 81.6 Å². The molecule has 4 aliphatic rings. The van der Waals surface area contributed by atoms with Crippen LogP contribution in [0.1, 0.15) is 48.9 Å². The van der Waals surface area contributed by atoms with Crippen molar-refractivity contribution in [2.45, 2.75) is 50.2 Å². The first-order chi connectivity index (χ1) is 13.5. The van der Waals surface area contributed by atoms with Gasteiger partial charge in [-0.05, 0) is 55.2 Å². The predicted octanol–water partition coefficient (Wildman–Crippen LogP) is 1.75. The van der Waals surface area contributed by atoms with Gasteiger partial charge in [0.15, 0.2) is 11.5 Å². The predicted molar refractivity (Wildman–Crippen MR) is 104 cm³/mol. The van der Waals surface area contributed by atoms with Crippen molar-refractivity contribution < 1.29 is 29.4 Å². The van der Waals surface area contributed by atoms with Crippen LogP contribution in [0.3, 0.4) is 0 Å². The Balaban J connectivity index is 1.30. The molecule has 28 heavy (non-hydrogen) atoms. The fourth-order valence-corrected chi connectivity index (χ4v) is 6.10. The van der Waals surface area contributed by atoms with E-state index in [0.29, 0.717) is 29.1 Å². The average molecular weight is 391 g/mol. The van der Waals surface area contributed by atoms with Gasteiger partial charge in [0.1, 0.15) is 19.3 Å². The van der Waals surface area contributed by atoms with Crippen LogP contribution < -0.4 is 14.8 Å². The van der Waals surface area contributed by atoms with Crippen LogP contribution >= 0.6 is 0 Å². The van der Waals surface area contributed by atoms with Gasteiger partial charge in [0.25, 0.3) is 0 Å². The second-order valence-electron chi connectivity index (χ2n) is 9.04. The molecule has 0 amide bonds. The van der Waals surface area contributed by atoms with E-state index in [1.54, 1.807) is 18.2 Å². The molecule has 154 valence electrons. The summed E-state index contributed by atoms with van der Waals surface area (Å²) in [5, 5.41) is 12.9. The number of aliphatic hydroxyl groups excluding tert-OH is 1. The van der Waals surface area contributed by atoms with E-state index >= 15 is 0 Å². The standard InChI is InChI=1S/C22H31NO5/c1-26-20-8-17(21(25)27-2)3-4-19(20)28-13-18(24)12-23-22-9-14-5-15(10-22)7-16(6-14)11-22/h3-4,8,14-16,18,23-24H,5-7,9-13H2,1-2H3/p+1/t14?,15?,16?,18-,22?/m1/s1. The van der Waals surface area contributed by atoms with Crippen molar-refractivity contribution in [3.05, 3.63) is 23.8 Å². The molecule has 0 aliphatic heterocycles. The van der Waals surface area contributed by atoms with Gasteiger partial charge in [-0.3, -0.25) is 0 Å². The molecule has 6 nitrogen and oxygen atoms in total. The van der Waals surface area contributed by atoms with Crippen LogP contribution in [0.5, 0.6) is 11.5 Å². The minimum atomic E-state index is -0.544.